The Morgan fingerprint density at radius 3 is 1.50 bits per heavy atom. The molecule has 0 spiro atoms. The molecule has 30 heavy (non-hydrogen) atoms. The Hall–Kier alpha value is -2.03. The molecule has 0 aliphatic heterocycles. The molecule has 160 valence electrons. The standard InChI is InChI=1S/C27H36N2O/c30-27(23(25-15-7-9-17-28-25)19-21-11-3-1-4-12-21)24(26-16-8-10-18-29-26)20-22-13-5-2-6-14-22/h7-10,15-18,21-24H,1-6,11-14,19-20H2. The molecular formula is C27H36N2O. The summed E-state index contributed by atoms with van der Waals surface area (Å²) < 4.78 is 0. The van der Waals surface area contributed by atoms with Gasteiger partial charge in [-0.2, -0.15) is 0 Å². The monoisotopic (exact) mass is 404 g/mol. The predicted octanol–water partition coefficient (Wildman–Crippen LogP) is 6.85. The number of hydrogen-bond donors (Lipinski definition) is 0. The molecule has 2 unspecified atom stereocenters. The van der Waals surface area contributed by atoms with Gasteiger partial charge in [-0.15, -0.1) is 0 Å². The van der Waals surface area contributed by atoms with Gasteiger partial charge in [0.2, 0.25) is 0 Å². The molecule has 0 N–H and O–H groups in total. The summed E-state index contributed by atoms with van der Waals surface area (Å²) in [4.78, 5) is 23.4. The van der Waals surface area contributed by atoms with Crippen molar-refractivity contribution in [3.63, 3.8) is 0 Å². The largest absolute Gasteiger partial charge is 0.298 e. The van der Waals surface area contributed by atoms with Gasteiger partial charge < -0.3 is 0 Å². The van der Waals surface area contributed by atoms with Gasteiger partial charge in [0.15, 0.2) is 5.78 Å². The maximum atomic E-state index is 14.1. The van der Waals surface area contributed by atoms with E-state index in [4.69, 9.17) is 0 Å². The number of carbonyl (C=O) groups is 1. The summed E-state index contributed by atoms with van der Waals surface area (Å²) in [5.74, 6) is 1.43. The molecule has 4 rings (SSSR count). The van der Waals surface area contributed by atoms with Crippen molar-refractivity contribution in [3.05, 3.63) is 60.2 Å². The van der Waals surface area contributed by atoms with Crippen LogP contribution in [0.1, 0.15) is 100 Å². The van der Waals surface area contributed by atoms with Crippen LogP contribution in [0, 0.1) is 11.8 Å². The summed E-state index contributed by atoms with van der Waals surface area (Å²) in [5.41, 5.74) is 1.91. The molecule has 2 heterocycles. The highest BCUT2D eigenvalue weighted by Crippen LogP contribution is 2.39. The minimum Gasteiger partial charge on any atom is -0.298 e. The third-order valence-electron chi connectivity index (χ3n) is 7.36. The quantitative estimate of drug-likeness (QED) is 0.483. The van der Waals surface area contributed by atoms with Gasteiger partial charge in [0.05, 0.1) is 23.2 Å². The predicted molar refractivity (Wildman–Crippen MR) is 121 cm³/mol. The summed E-state index contributed by atoms with van der Waals surface area (Å²) in [6.45, 7) is 0. The van der Waals surface area contributed by atoms with Crippen LogP contribution >= 0.6 is 0 Å². The summed E-state index contributed by atoms with van der Waals surface area (Å²) >= 11 is 0. The second-order valence-corrected chi connectivity index (χ2v) is 9.50. The fourth-order valence-electron chi connectivity index (χ4n) is 5.68. The van der Waals surface area contributed by atoms with E-state index in [1.54, 1.807) is 0 Å². The smallest absolute Gasteiger partial charge is 0.150 e. The first-order valence-electron chi connectivity index (χ1n) is 12.2. The molecule has 2 aliphatic rings. The number of nitrogens with zero attached hydrogens (tertiary/aromatic N) is 2. The summed E-state index contributed by atoms with van der Waals surface area (Å²) in [5, 5.41) is 0. The molecule has 0 amide bonds. The fraction of sp³-hybridized carbons (Fsp3) is 0.593. The number of hydrogen-bond acceptors (Lipinski definition) is 3. The van der Waals surface area contributed by atoms with E-state index < -0.39 is 0 Å². The molecule has 0 bridgehead atoms. The van der Waals surface area contributed by atoms with E-state index in [1.807, 2.05) is 36.7 Å². The van der Waals surface area contributed by atoms with Gasteiger partial charge in [-0.05, 0) is 48.9 Å². The number of carbonyl (C=O) groups excluding carboxylic acids is 1. The Morgan fingerprint density at radius 2 is 1.13 bits per heavy atom. The van der Waals surface area contributed by atoms with Crippen LogP contribution in [-0.4, -0.2) is 15.8 Å². The summed E-state index contributed by atoms with van der Waals surface area (Å²) in [6, 6.07) is 12.1. The molecule has 0 radical (unpaired) electrons. The minimum absolute atomic E-state index is 0.107. The third kappa shape index (κ3) is 5.56. The Balaban J connectivity index is 1.60. The average Bonchev–Trinajstić information content (AvgIpc) is 2.83. The molecule has 2 aliphatic carbocycles. The van der Waals surface area contributed by atoms with E-state index in [0.29, 0.717) is 17.6 Å². The van der Waals surface area contributed by atoms with Crippen LogP contribution in [0.2, 0.25) is 0 Å². The maximum Gasteiger partial charge on any atom is 0.150 e. The molecule has 0 aromatic carbocycles. The number of ketones is 1. The highest BCUT2D eigenvalue weighted by molar-refractivity contribution is 5.91. The Morgan fingerprint density at radius 1 is 0.700 bits per heavy atom. The van der Waals surface area contributed by atoms with Crippen molar-refractivity contribution in [2.24, 2.45) is 11.8 Å². The van der Waals surface area contributed by atoms with E-state index in [1.165, 1.54) is 64.2 Å². The molecule has 3 nitrogen and oxygen atoms in total. The van der Waals surface area contributed by atoms with Crippen LogP contribution < -0.4 is 0 Å². The van der Waals surface area contributed by atoms with Crippen molar-refractivity contribution < 1.29 is 4.79 Å². The minimum atomic E-state index is -0.107. The molecule has 0 saturated heterocycles. The van der Waals surface area contributed by atoms with Crippen LogP contribution in [0.15, 0.2) is 48.8 Å². The third-order valence-corrected chi connectivity index (χ3v) is 7.36. The number of rotatable bonds is 8. The number of pyridine rings is 2. The molecular weight excluding hydrogens is 368 g/mol. The van der Waals surface area contributed by atoms with Crippen LogP contribution in [0.5, 0.6) is 0 Å². The lowest BCUT2D eigenvalue weighted by atomic mass is 9.74. The lowest BCUT2D eigenvalue weighted by molar-refractivity contribution is -0.123. The van der Waals surface area contributed by atoms with Gasteiger partial charge in [-0.25, -0.2) is 0 Å². The van der Waals surface area contributed by atoms with Gasteiger partial charge in [0.1, 0.15) is 0 Å². The van der Waals surface area contributed by atoms with Gasteiger partial charge >= 0.3 is 0 Å². The van der Waals surface area contributed by atoms with Gasteiger partial charge in [-0.3, -0.25) is 14.8 Å². The van der Waals surface area contributed by atoms with Crippen molar-refractivity contribution in [2.45, 2.75) is 88.9 Å². The number of aromatic nitrogens is 2. The molecule has 2 aromatic rings. The molecule has 3 heteroatoms. The van der Waals surface area contributed by atoms with Gasteiger partial charge in [0, 0.05) is 12.4 Å². The summed E-state index contributed by atoms with van der Waals surface area (Å²) in [6.07, 6.45) is 18.5. The first kappa shape index (κ1) is 21.2. The second-order valence-electron chi connectivity index (χ2n) is 9.50. The lowest BCUT2D eigenvalue weighted by Gasteiger charge is -2.30. The van der Waals surface area contributed by atoms with Crippen molar-refractivity contribution in [1.82, 2.24) is 9.97 Å². The highest BCUT2D eigenvalue weighted by Gasteiger charge is 2.34. The highest BCUT2D eigenvalue weighted by atomic mass is 16.1. The van der Waals surface area contributed by atoms with Crippen molar-refractivity contribution >= 4 is 5.78 Å². The van der Waals surface area contributed by atoms with Crippen molar-refractivity contribution in [2.75, 3.05) is 0 Å². The second kappa shape index (κ2) is 10.8. The Bertz CT molecular complexity index is 698. The Labute approximate surface area is 181 Å². The maximum absolute atomic E-state index is 14.1. The fourth-order valence-corrected chi connectivity index (χ4v) is 5.68. The van der Waals surface area contributed by atoms with Crippen LogP contribution in [0.4, 0.5) is 0 Å². The number of Topliss-reactive ketones (excluding diaryl/α,β-unsaturated/α-hetero) is 1. The van der Waals surface area contributed by atoms with Crippen LogP contribution in [0.25, 0.3) is 0 Å². The van der Waals surface area contributed by atoms with E-state index in [2.05, 4.69) is 22.1 Å². The summed E-state index contributed by atoms with van der Waals surface area (Å²) in [7, 11) is 0. The molecule has 2 atom stereocenters. The van der Waals surface area contributed by atoms with Crippen molar-refractivity contribution in [3.8, 4) is 0 Å². The first-order valence-corrected chi connectivity index (χ1v) is 12.2. The lowest BCUT2D eigenvalue weighted by Crippen LogP contribution is -2.27. The topological polar surface area (TPSA) is 42.9 Å². The van der Waals surface area contributed by atoms with E-state index in [-0.39, 0.29) is 11.8 Å². The van der Waals surface area contributed by atoms with E-state index in [0.717, 1.165) is 24.2 Å². The Kier molecular flexibility index (Phi) is 7.66. The molecule has 2 saturated carbocycles. The molecule has 2 aromatic heterocycles. The van der Waals surface area contributed by atoms with Crippen LogP contribution in [-0.2, 0) is 4.79 Å². The van der Waals surface area contributed by atoms with Crippen molar-refractivity contribution in [1.29, 1.82) is 0 Å². The SMILES string of the molecule is O=C(C(CC1CCCCC1)c1ccccn1)C(CC1CCCCC1)c1ccccn1. The zero-order chi connectivity index (χ0) is 20.6. The van der Waals surface area contributed by atoms with Gasteiger partial charge in [-0.1, -0.05) is 76.3 Å². The van der Waals surface area contributed by atoms with E-state index in [9.17, 15) is 4.79 Å². The molecule has 2 fully saturated rings. The normalized spacial score (nSPS) is 20.5. The zero-order valence-corrected chi connectivity index (χ0v) is 18.2. The first-order chi connectivity index (χ1) is 14.8. The van der Waals surface area contributed by atoms with Gasteiger partial charge in [0.25, 0.3) is 0 Å². The van der Waals surface area contributed by atoms with Crippen LogP contribution in [0.3, 0.4) is 0 Å². The average molecular weight is 405 g/mol. The zero-order valence-electron chi connectivity index (χ0n) is 18.2. The van der Waals surface area contributed by atoms with E-state index >= 15 is 0 Å².